The van der Waals surface area contributed by atoms with Crippen molar-refractivity contribution < 1.29 is 19.1 Å². The summed E-state index contributed by atoms with van der Waals surface area (Å²) < 4.78 is 5.73. The Bertz CT molecular complexity index is 804. The van der Waals surface area contributed by atoms with Crippen LogP contribution in [0.4, 0.5) is 0 Å². The Morgan fingerprint density at radius 1 is 1.19 bits per heavy atom. The molecular formula is C18H21ClN2O4S. The van der Waals surface area contributed by atoms with Crippen molar-refractivity contribution in [2.24, 2.45) is 5.92 Å². The molecule has 0 aliphatic rings. The highest BCUT2D eigenvalue weighted by molar-refractivity contribution is 7.21. The fourth-order valence-corrected chi connectivity index (χ4v) is 3.57. The van der Waals surface area contributed by atoms with Gasteiger partial charge in [0.2, 0.25) is 0 Å². The summed E-state index contributed by atoms with van der Waals surface area (Å²) >= 11 is 7.47. The molecule has 0 saturated carbocycles. The highest BCUT2D eigenvalue weighted by Gasteiger charge is 2.18. The van der Waals surface area contributed by atoms with Crippen LogP contribution in [0.25, 0.3) is 10.1 Å². The molecular weight excluding hydrogens is 376 g/mol. The van der Waals surface area contributed by atoms with Gasteiger partial charge in [0.15, 0.2) is 6.61 Å². The van der Waals surface area contributed by atoms with Crippen molar-refractivity contribution in [1.82, 2.24) is 10.6 Å². The minimum absolute atomic E-state index is 0.331. The van der Waals surface area contributed by atoms with Crippen molar-refractivity contribution in [3.05, 3.63) is 34.2 Å². The van der Waals surface area contributed by atoms with E-state index in [2.05, 4.69) is 24.5 Å². The lowest BCUT2D eigenvalue weighted by Crippen LogP contribution is -2.34. The highest BCUT2D eigenvalue weighted by atomic mass is 35.5. The largest absolute Gasteiger partial charge is 0.454 e. The standard InChI is InChI=1S/C18H21ClN2O4S/c1-11(2)7-8-20-14(22)10-25-15(23)9-21-18(24)17-16(19)12-5-3-4-6-13(12)26-17/h3-6,11H,7-10H2,1-2H3,(H,20,22)(H,21,24). The predicted octanol–water partition coefficient (Wildman–Crippen LogP) is 2.99. The number of hydrogen-bond acceptors (Lipinski definition) is 5. The van der Waals surface area contributed by atoms with Gasteiger partial charge in [0.1, 0.15) is 11.4 Å². The quantitative estimate of drug-likeness (QED) is 0.672. The molecule has 26 heavy (non-hydrogen) atoms. The summed E-state index contributed by atoms with van der Waals surface area (Å²) in [5, 5.41) is 6.28. The van der Waals surface area contributed by atoms with Crippen molar-refractivity contribution in [3.63, 3.8) is 0 Å². The Kier molecular flexibility index (Phi) is 7.41. The average Bonchev–Trinajstić information content (AvgIpc) is 2.95. The minimum Gasteiger partial charge on any atom is -0.454 e. The van der Waals surface area contributed by atoms with Crippen molar-refractivity contribution in [2.75, 3.05) is 19.7 Å². The van der Waals surface area contributed by atoms with Gasteiger partial charge < -0.3 is 15.4 Å². The number of fused-ring (bicyclic) bond motifs is 1. The predicted molar refractivity (Wildman–Crippen MR) is 103 cm³/mol. The summed E-state index contributed by atoms with van der Waals surface area (Å²) in [4.78, 5) is 35.8. The summed E-state index contributed by atoms with van der Waals surface area (Å²) in [6, 6.07) is 7.40. The maximum absolute atomic E-state index is 12.2. The first-order valence-electron chi connectivity index (χ1n) is 8.26. The van der Waals surface area contributed by atoms with E-state index in [0.29, 0.717) is 22.4 Å². The van der Waals surface area contributed by atoms with Gasteiger partial charge in [-0.05, 0) is 18.4 Å². The number of carbonyl (C=O) groups excluding carboxylic acids is 3. The Balaban J connectivity index is 1.77. The van der Waals surface area contributed by atoms with E-state index in [4.69, 9.17) is 16.3 Å². The van der Waals surface area contributed by atoms with Crippen molar-refractivity contribution >= 4 is 50.8 Å². The fraction of sp³-hybridized carbons (Fsp3) is 0.389. The molecule has 0 bridgehead atoms. The van der Waals surface area contributed by atoms with Crippen LogP contribution in [0.3, 0.4) is 0 Å². The monoisotopic (exact) mass is 396 g/mol. The number of hydrogen-bond donors (Lipinski definition) is 2. The van der Waals surface area contributed by atoms with Crippen LogP contribution < -0.4 is 10.6 Å². The molecule has 140 valence electrons. The van der Waals surface area contributed by atoms with Crippen molar-refractivity contribution in [2.45, 2.75) is 20.3 Å². The molecule has 2 rings (SSSR count). The molecule has 1 heterocycles. The van der Waals surface area contributed by atoms with Crippen LogP contribution in [-0.2, 0) is 14.3 Å². The number of nitrogens with one attached hydrogen (secondary N) is 2. The zero-order valence-electron chi connectivity index (χ0n) is 14.6. The molecule has 0 aliphatic carbocycles. The third kappa shape index (κ3) is 5.71. The SMILES string of the molecule is CC(C)CCNC(=O)COC(=O)CNC(=O)c1sc2ccccc2c1Cl. The summed E-state index contributed by atoms with van der Waals surface area (Å²) in [5.41, 5.74) is 0. The average molecular weight is 397 g/mol. The molecule has 0 saturated heterocycles. The number of amides is 2. The Morgan fingerprint density at radius 3 is 2.62 bits per heavy atom. The molecule has 2 amide bonds. The van der Waals surface area contributed by atoms with E-state index in [1.165, 1.54) is 11.3 Å². The summed E-state index contributed by atoms with van der Waals surface area (Å²) in [6.45, 7) is 3.95. The second-order valence-electron chi connectivity index (χ2n) is 6.12. The Labute approximate surface area is 160 Å². The molecule has 2 N–H and O–H groups in total. The molecule has 0 aliphatic heterocycles. The molecule has 8 heteroatoms. The summed E-state index contributed by atoms with van der Waals surface area (Å²) in [7, 11) is 0. The number of ether oxygens (including phenoxy) is 1. The van der Waals surface area contributed by atoms with Crippen LogP contribution >= 0.6 is 22.9 Å². The Morgan fingerprint density at radius 2 is 1.92 bits per heavy atom. The highest BCUT2D eigenvalue weighted by Crippen LogP contribution is 2.34. The van der Waals surface area contributed by atoms with Gasteiger partial charge in [-0.2, -0.15) is 0 Å². The molecule has 1 aromatic carbocycles. The van der Waals surface area contributed by atoms with Gasteiger partial charge >= 0.3 is 5.97 Å². The molecule has 0 spiro atoms. The van der Waals surface area contributed by atoms with Crippen LogP contribution in [0, 0.1) is 5.92 Å². The van der Waals surface area contributed by atoms with Gasteiger partial charge in [0, 0.05) is 16.6 Å². The molecule has 1 aromatic heterocycles. The fourth-order valence-electron chi connectivity index (χ4n) is 2.14. The van der Waals surface area contributed by atoms with E-state index in [1.54, 1.807) is 0 Å². The first-order chi connectivity index (χ1) is 12.4. The van der Waals surface area contributed by atoms with Crippen LogP contribution in [0.5, 0.6) is 0 Å². The van der Waals surface area contributed by atoms with Crippen LogP contribution in [-0.4, -0.2) is 37.5 Å². The van der Waals surface area contributed by atoms with Gasteiger partial charge in [-0.15, -0.1) is 11.3 Å². The first-order valence-corrected chi connectivity index (χ1v) is 9.45. The number of benzene rings is 1. The van der Waals surface area contributed by atoms with E-state index >= 15 is 0 Å². The van der Waals surface area contributed by atoms with Gasteiger partial charge in [-0.1, -0.05) is 43.6 Å². The van der Waals surface area contributed by atoms with Crippen molar-refractivity contribution in [3.8, 4) is 0 Å². The van der Waals surface area contributed by atoms with E-state index < -0.39 is 11.9 Å². The zero-order valence-corrected chi connectivity index (χ0v) is 16.2. The van der Waals surface area contributed by atoms with Gasteiger partial charge in [0.05, 0.1) is 5.02 Å². The molecule has 0 unspecified atom stereocenters. The second-order valence-corrected chi connectivity index (χ2v) is 7.55. The number of esters is 1. The van der Waals surface area contributed by atoms with Crippen molar-refractivity contribution in [1.29, 1.82) is 0 Å². The topological polar surface area (TPSA) is 84.5 Å². The van der Waals surface area contributed by atoms with Gasteiger partial charge in [0.25, 0.3) is 11.8 Å². The molecule has 0 atom stereocenters. The Hall–Kier alpha value is -2.12. The van der Waals surface area contributed by atoms with Crippen LogP contribution in [0.1, 0.15) is 29.9 Å². The van der Waals surface area contributed by atoms with E-state index in [-0.39, 0.29) is 19.1 Å². The zero-order chi connectivity index (χ0) is 19.1. The number of rotatable bonds is 8. The summed E-state index contributed by atoms with van der Waals surface area (Å²) in [6.07, 6.45) is 0.853. The molecule has 0 radical (unpaired) electrons. The number of halogens is 1. The first kappa shape index (κ1) is 20.2. The smallest absolute Gasteiger partial charge is 0.325 e. The molecule has 2 aromatic rings. The lowest BCUT2D eigenvalue weighted by molar-refractivity contribution is -0.147. The molecule has 6 nitrogen and oxygen atoms in total. The van der Waals surface area contributed by atoms with Crippen LogP contribution in [0.2, 0.25) is 5.02 Å². The number of carbonyl (C=O) groups is 3. The van der Waals surface area contributed by atoms with Gasteiger partial charge in [-0.3, -0.25) is 14.4 Å². The van der Waals surface area contributed by atoms with E-state index in [1.807, 2.05) is 24.3 Å². The lowest BCUT2D eigenvalue weighted by atomic mass is 10.1. The molecule has 0 fully saturated rings. The third-order valence-electron chi connectivity index (χ3n) is 3.54. The third-order valence-corrected chi connectivity index (χ3v) is 5.22. The summed E-state index contributed by atoms with van der Waals surface area (Å²) in [5.74, 6) is -1.02. The number of thiophene rings is 1. The lowest BCUT2D eigenvalue weighted by Gasteiger charge is -2.08. The second kappa shape index (κ2) is 9.54. The maximum atomic E-state index is 12.2. The minimum atomic E-state index is -0.686. The maximum Gasteiger partial charge on any atom is 0.325 e. The normalized spacial score (nSPS) is 10.8. The van der Waals surface area contributed by atoms with Crippen LogP contribution in [0.15, 0.2) is 24.3 Å². The van der Waals surface area contributed by atoms with E-state index in [0.717, 1.165) is 16.5 Å². The van der Waals surface area contributed by atoms with E-state index in [9.17, 15) is 14.4 Å². The van der Waals surface area contributed by atoms with Gasteiger partial charge in [-0.25, -0.2) is 0 Å².